The summed E-state index contributed by atoms with van der Waals surface area (Å²) in [6.45, 7) is 2.36. The number of sulfone groups is 1. The molecule has 11 heteroatoms. The molecule has 1 saturated heterocycles. The molecule has 1 N–H and O–H groups in total. The molecular formula is C19H19F2N3O5S. The number of alkyl halides is 2. The van der Waals surface area contributed by atoms with Crippen LogP contribution in [-0.2, 0) is 14.6 Å². The quantitative estimate of drug-likeness (QED) is 0.518. The van der Waals surface area contributed by atoms with Gasteiger partial charge in [-0.3, -0.25) is 14.9 Å². The van der Waals surface area contributed by atoms with Gasteiger partial charge in [-0.15, -0.1) is 0 Å². The van der Waals surface area contributed by atoms with Crippen molar-refractivity contribution in [1.29, 1.82) is 0 Å². The van der Waals surface area contributed by atoms with Gasteiger partial charge in [-0.05, 0) is 43.2 Å². The van der Waals surface area contributed by atoms with Gasteiger partial charge in [0, 0.05) is 30.8 Å². The van der Waals surface area contributed by atoms with Crippen LogP contribution >= 0.6 is 0 Å². The normalized spacial score (nSPS) is 15.5. The van der Waals surface area contributed by atoms with Crippen molar-refractivity contribution in [3.8, 4) is 0 Å². The van der Waals surface area contributed by atoms with Crippen LogP contribution in [-0.4, -0.2) is 31.6 Å². The van der Waals surface area contributed by atoms with E-state index in [0.29, 0.717) is 19.0 Å². The van der Waals surface area contributed by atoms with E-state index in [2.05, 4.69) is 5.32 Å². The van der Waals surface area contributed by atoms with Gasteiger partial charge in [0.05, 0.1) is 9.82 Å². The number of carbonyl (C=O) groups is 1. The van der Waals surface area contributed by atoms with Gasteiger partial charge >= 0.3 is 5.76 Å². The molecule has 30 heavy (non-hydrogen) atoms. The number of halogens is 2. The Kier molecular flexibility index (Phi) is 6.01. The number of anilines is 2. The van der Waals surface area contributed by atoms with Crippen molar-refractivity contribution in [1.82, 2.24) is 0 Å². The van der Waals surface area contributed by atoms with Crippen LogP contribution in [0.5, 0.6) is 0 Å². The van der Waals surface area contributed by atoms with Crippen molar-refractivity contribution in [3.63, 3.8) is 0 Å². The van der Waals surface area contributed by atoms with Gasteiger partial charge in [-0.1, -0.05) is 12.1 Å². The molecule has 160 valence electrons. The molecule has 3 rings (SSSR count). The standard InChI is InChI=1S/C19H19F2N3O5S/c1-12(13-4-2-5-14(10-13)23-9-3-6-18(23)25)22-16-8-7-15(11-17(16)24(26)27)30(28,29)19(20)21/h2,4-5,7-8,10-12,19,22H,3,6,9H2,1H3. The smallest absolute Gasteiger partial charge is 0.341 e. The maximum atomic E-state index is 12.8. The first-order chi connectivity index (χ1) is 14.1. The van der Waals surface area contributed by atoms with Gasteiger partial charge in [-0.25, -0.2) is 8.42 Å². The van der Waals surface area contributed by atoms with Crippen LogP contribution in [0.25, 0.3) is 0 Å². The second-order valence-electron chi connectivity index (χ2n) is 6.85. The minimum Gasteiger partial charge on any atom is -0.373 e. The van der Waals surface area contributed by atoms with Crippen molar-refractivity contribution in [2.45, 2.75) is 36.5 Å². The predicted molar refractivity (Wildman–Crippen MR) is 106 cm³/mol. The molecule has 1 atom stereocenters. The molecule has 2 aromatic rings. The Labute approximate surface area is 171 Å². The first kappa shape index (κ1) is 21.6. The van der Waals surface area contributed by atoms with E-state index in [9.17, 15) is 32.1 Å². The Balaban J connectivity index is 1.89. The van der Waals surface area contributed by atoms with Crippen LogP contribution in [0.1, 0.15) is 31.4 Å². The SMILES string of the molecule is CC(Nc1ccc(S(=O)(=O)C(F)F)cc1[N+](=O)[O-])c1cccc(N2CCCC2=O)c1. The van der Waals surface area contributed by atoms with Crippen LogP contribution in [0.15, 0.2) is 47.4 Å². The largest absolute Gasteiger partial charge is 0.373 e. The number of hydrogen-bond acceptors (Lipinski definition) is 6. The summed E-state index contributed by atoms with van der Waals surface area (Å²) < 4.78 is 48.8. The number of benzene rings is 2. The molecule has 0 aliphatic carbocycles. The average Bonchev–Trinajstić information content (AvgIpc) is 3.13. The lowest BCUT2D eigenvalue weighted by molar-refractivity contribution is -0.384. The van der Waals surface area contributed by atoms with E-state index in [-0.39, 0.29) is 11.6 Å². The Morgan fingerprint density at radius 2 is 1.93 bits per heavy atom. The lowest BCUT2D eigenvalue weighted by Crippen LogP contribution is -2.23. The van der Waals surface area contributed by atoms with E-state index in [4.69, 9.17) is 0 Å². The van der Waals surface area contributed by atoms with Crippen molar-refractivity contribution in [2.75, 3.05) is 16.8 Å². The summed E-state index contributed by atoms with van der Waals surface area (Å²) in [7, 11) is -4.95. The second kappa shape index (κ2) is 8.34. The number of nitrogens with zero attached hydrogens (tertiary/aromatic N) is 2. The van der Waals surface area contributed by atoms with Crippen molar-refractivity contribution in [2.24, 2.45) is 0 Å². The van der Waals surface area contributed by atoms with E-state index < -0.39 is 37.1 Å². The zero-order chi connectivity index (χ0) is 22.1. The van der Waals surface area contributed by atoms with Crippen LogP contribution in [0.4, 0.5) is 25.8 Å². The lowest BCUT2D eigenvalue weighted by atomic mass is 10.1. The molecule has 0 radical (unpaired) electrons. The van der Waals surface area contributed by atoms with Gasteiger partial charge in [-0.2, -0.15) is 8.78 Å². The van der Waals surface area contributed by atoms with Crippen LogP contribution < -0.4 is 10.2 Å². The maximum absolute atomic E-state index is 12.8. The highest BCUT2D eigenvalue weighted by atomic mass is 32.2. The fraction of sp³-hybridized carbons (Fsp3) is 0.316. The molecule has 8 nitrogen and oxygen atoms in total. The predicted octanol–water partition coefficient (Wildman–Crippen LogP) is 3.89. The summed E-state index contributed by atoms with van der Waals surface area (Å²) in [6.07, 6.45) is 1.26. The third-order valence-electron chi connectivity index (χ3n) is 4.86. The first-order valence-corrected chi connectivity index (χ1v) is 10.6. The highest BCUT2D eigenvalue weighted by Gasteiger charge is 2.30. The molecule has 1 amide bonds. The highest BCUT2D eigenvalue weighted by molar-refractivity contribution is 7.91. The third kappa shape index (κ3) is 4.25. The Morgan fingerprint density at radius 1 is 1.20 bits per heavy atom. The van der Waals surface area contributed by atoms with Crippen molar-refractivity contribution >= 4 is 32.8 Å². The van der Waals surface area contributed by atoms with Gasteiger partial charge in [0.25, 0.3) is 5.69 Å². The maximum Gasteiger partial charge on any atom is 0.341 e. The summed E-state index contributed by atoms with van der Waals surface area (Å²) in [5, 5.41) is 14.3. The summed E-state index contributed by atoms with van der Waals surface area (Å²) in [5.41, 5.74) is 0.820. The molecule has 1 heterocycles. The Morgan fingerprint density at radius 3 is 2.53 bits per heavy atom. The molecule has 1 aliphatic heterocycles. The molecule has 1 fully saturated rings. The lowest BCUT2D eigenvalue weighted by Gasteiger charge is -2.20. The van der Waals surface area contributed by atoms with E-state index in [1.54, 1.807) is 36.1 Å². The fourth-order valence-corrected chi connectivity index (χ4v) is 4.00. The number of carbonyl (C=O) groups excluding carboxylic acids is 1. The van der Waals surface area contributed by atoms with E-state index in [0.717, 1.165) is 29.8 Å². The summed E-state index contributed by atoms with van der Waals surface area (Å²) in [5.74, 6) is -3.65. The molecular weight excluding hydrogens is 420 g/mol. The number of nitro benzene ring substituents is 1. The molecule has 0 aromatic heterocycles. The van der Waals surface area contributed by atoms with Crippen LogP contribution in [0, 0.1) is 10.1 Å². The third-order valence-corrected chi connectivity index (χ3v) is 6.24. The Hall–Kier alpha value is -3.08. The Bertz CT molecular complexity index is 1090. The molecule has 0 spiro atoms. The highest BCUT2D eigenvalue weighted by Crippen LogP contribution is 2.33. The average molecular weight is 439 g/mol. The van der Waals surface area contributed by atoms with Crippen molar-refractivity contribution in [3.05, 3.63) is 58.1 Å². The minimum absolute atomic E-state index is 0.0108. The van der Waals surface area contributed by atoms with E-state index in [1.807, 2.05) is 0 Å². The van der Waals surface area contributed by atoms with Gasteiger partial charge in [0.2, 0.25) is 15.7 Å². The van der Waals surface area contributed by atoms with Crippen LogP contribution in [0.3, 0.4) is 0 Å². The van der Waals surface area contributed by atoms with Gasteiger partial charge in [0.15, 0.2) is 0 Å². The number of rotatable bonds is 7. The number of amides is 1. The van der Waals surface area contributed by atoms with E-state index >= 15 is 0 Å². The number of nitro groups is 1. The molecule has 1 unspecified atom stereocenters. The molecule has 0 saturated carbocycles. The number of hydrogen-bond donors (Lipinski definition) is 1. The van der Waals surface area contributed by atoms with E-state index in [1.165, 1.54) is 0 Å². The zero-order valence-corrected chi connectivity index (χ0v) is 16.7. The zero-order valence-electron chi connectivity index (χ0n) is 15.9. The van der Waals surface area contributed by atoms with Crippen LogP contribution in [0.2, 0.25) is 0 Å². The summed E-state index contributed by atoms with van der Waals surface area (Å²) in [4.78, 5) is 23.4. The van der Waals surface area contributed by atoms with Crippen molar-refractivity contribution < 1.29 is 26.9 Å². The molecule has 0 bridgehead atoms. The summed E-state index contributed by atoms with van der Waals surface area (Å²) >= 11 is 0. The topological polar surface area (TPSA) is 110 Å². The summed E-state index contributed by atoms with van der Waals surface area (Å²) in [6, 6.07) is 9.31. The minimum atomic E-state index is -4.95. The van der Waals surface area contributed by atoms with Gasteiger partial charge in [0.1, 0.15) is 5.69 Å². The second-order valence-corrected chi connectivity index (χ2v) is 8.77. The molecule has 2 aromatic carbocycles. The number of nitrogens with one attached hydrogen (secondary N) is 1. The first-order valence-electron chi connectivity index (χ1n) is 9.08. The van der Waals surface area contributed by atoms with Gasteiger partial charge < -0.3 is 10.2 Å². The monoisotopic (exact) mass is 439 g/mol. The molecule has 1 aliphatic rings. The fourth-order valence-electron chi connectivity index (χ4n) is 3.26.